The van der Waals surface area contributed by atoms with Crippen molar-refractivity contribution in [2.45, 2.75) is 17.7 Å². The molecule has 0 bridgehead atoms. The van der Waals surface area contributed by atoms with Gasteiger partial charge in [-0.05, 0) is 36.8 Å². The highest BCUT2D eigenvalue weighted by molar-refractivity contribution is 7.91. The molecule has 0 aliphatic heterocycles. The summed E-state index contributed by atoms with van der Waals surface area (Å²) < 4.78 is 33.6. The molecule has 6 nitrogen and oxygen atoms in total. The summed E-state index contributed by atoms with van der Waals surface area (Å²) in [5.74, 6) is -0.443. The van der Waals surface area contributed by atoms with Crippen LogP contribution in [-0.2, 0) is 23.6 Å². The Balaban J connectivity index is 1.84. The molecule has 1 aromatic carbocycles. The zero-order chi connectivity index (χ0) is 15.9. The van der Waals surface area contributed by atoms with Gasteiger partial charge in [-0.15, -0.1) is 11.3 Å². The fourth-order valence-electron chi connectivity index (χ4n) is 2.09. The number of oxazole rings is 1. The van der Waals surface area contributed by atoms with Gasteiger partial charge in [-0.25, -0.2) is 17.9 Å². The van der Waals surface area contributed by atoms with Crippen molar-refractivity contribution in [3.8, 4) is 0 Å². The minimum absolute atomic E-state index is 0.147. The van der Waals surface area contributed by atoms with Gasteiger partial charge in [0.05, 0.1) is 5.52 Å². The molecule has 0 aliphatic carbocycles. The second-order valence-electron chi connectivity index (χ2n) is 4.92. The number of aromatic nitrogens is 1. The lowest BCUT2D eigenvalue weighted by atomic mass is 10.2. The molecule has 0 unspecified atom stereocenters. The molecule has 0 aliphatic rings. The lowest BCUT2D eigenvalue weighted by Crippen LogP contribution is -2.22. The predicted molar refractivity (Wildman–Crippen MR) is 84.5 cm³/mol. The Labute approximate surface area is 131 Å². The van der Waals surface area contributed by atoms with Crippen molar-refractivity contribution in [3.63, 3.8) is 0 Å². The number of sulfonamides is 1. The number of hydrogen-bond donors (Lipinski definition) is 1. The summed E-state index contributed by atoms with van der Waals surface area (Å²) in [5.41, 5.74) is 1.86. The molecule has 0 radical (unpaired) electrons. The van der Waals surface area contributed by atoms with Crippen molar-refractivity contribution in [1.29, 1.82) is 0 Å². The lowest BCUT2D eigenvalue weighted by Gasteiger charge is -2.05. The van der Waals surface area contributed by atoms with E-state index in [0.717, 1.165) is 10.4 Å². The maximum atomic E-state index is 12.2. The Morgan fingerprint density at radius 3 is 2.73 bits per heavy atom. The van der Waals surface area contributed by atoms with Crippen LogP contribution in [0.25, 0.3) is 11.1 Å². The summed E-state index contributed by atoms with van der Waals surface area (Å²) in [6, 6.07) is 8.49. The normalized spacial score (nSPS) is 12.1. The van der Waals surface area contributed by atoms with Crippen LogP contribution in [0, 0.1) is 6.92 Å². The molecular weight excluding hydrogens is 324 g/mol. The fourth-order valence-corrected chi connectivity index (χ4v) is 4.43. The van der Waals surface area contributed by atoms with E-state index in [1.54, 1.807) is 37.4 Å². The van der Waals surface area contributed by atoms with E-state index >= 15 is 0 Å². The molecule has 0 spiro atoms. The minimum Gasteiger partial charge on any atom is -0.408 e. The van der Waals surface area contributed by atoms with Crippen molar-refractivity contribution in [3.05, 3.63) is 51.3 Å². The topological polar surface area (TPSA) is 81.3 Å². The molecule has 2 heterocycles. The van der Waals surface area contributed by atoms with E-state index in [-0.39, 0.29) is 6.54 Å². The van der Waals surface area contributed by atoms with Crippen LogP contribution >= 0.6 is 11.3 Å². The third kappa shape index (κ3) is 2.72. The van der Waals surface area contributed by atoms with Crippen LogP contribution < -0.4 is 10.5 Å². The van der Waals surface area contributed by atoms with Crippen molar-refractivity contribution in [1.82, 2.24) is 9.29 Å². The van der Waals surface area contributed by atoms with Crippen LogP contribution in [0.4, 0.5) is 0 Å². The first kappa shape index (κ1) is 15.0. The van der Waals surface area contributed by atoms with Crippen molar-refractivity contribution < 1.29 is 12.8 Å². The largest absolute Gasteiger partial charge is 0.419 e. The van der Waals surface area contributed by atoms with Gasteiger partial charge < -0.3 is 4.42 Å². The third-order valence-electron chi connectivity index (χ3n) is 3.30. The standard InChI is InChI=1S/C14H14N2O4S2/c1-9-3-6-13(21-9)22(18,19)15-8-10-4-5-12-11(7-10)16(2)14(17)20-12/h3-7,15H,8H2,1-2H3. The molecule has 3 aromatic rings. The second-order valence-corrected chi connectivity index (χ2v) is 8.20. The molecule has 8 heteroatoms. The second kappa shape index (κ2) is 5.38. The zero-order valence-corrected chi connectivity index (χ0v) is 13.6. The number of thiophene rings is 1. The highest BCUT2D eigenvalue weighted by Crippen LogP contribution is 2.21. The first-order valence-corrected chi connectivity index (χ1v) is 8.81. The number of fused-ring (bicyclic) bond motifs is 1. The van der Waals surface area contributed by atoms with E-state index in [1.807, 2.05) is 6.92 Å². The van der Waals surface area contributed by atoms with Gasteiger partial charge >= 0.3 is 5.76 Å². The number of aryl methyl sites for hydroxylation is 2. The summed E-state index contributed by atoms with van der Waals surface area (Å²) in [6.07, 6.45) is 0. The van der Waals surface area contributed by atoms with Gasteiger partial charge in [0, 0.05) is 18.5 Å². The van der Waals surface area contributed by atoms with Gasteiger partial charge in [-0.1, -0.05) is 6.07 Å². The Morgan fingerprint density at radius 1 is 1.27 bits per heavy atom. The first-order valence-electron chi connectivity index (χ1n) is 6.51. The third-order valence-corrected chi connectivity index (χ3v) is 6.20. The van der Waals surface area contributed by atoms with Crippen LogP contribution in [0.1, 0.15) is 10.4 Å². The molecule has 0 fully saturated rings. The fraction of sp³-hybridized carbons (Fsp3) is 0.214. The Bertz CT molecular complexity index is 995. The Kier molecular flexibility index (Phi) is 3.67. The quantitative estimate of drug-likeness (QED) is 0.789. The summed E-state index contributed by atoms with van der Waals surface area (Å²) in [4.78, 5) is 12.4. The first-order chi connectivity index (χ1) is 10.4. The van der Waals surface area contributed by atoms with E-state index in [4.69, 9.17) is 4.42 Å². The number of benzene rings is 1. The SMILES string of the molecule is Cc1ccc(S(=O)(=O)NCc2ccc3oc(=O)n(C)c3c2)s1. The Hall–Kier alpha value is -1.90. The molecule has 0 saturated carbocycles. The summed E-state index contributed by atoms with van der Waals surface area (Å²) >= 11 is 1.23. The summed E-state index contributed by atoms with van der Waals surface area (Å²) in [7, 11) is -1.91. The average molecular weight is 338 g/mol. The van der Waals surface area contributed by atoms with Gasteiger partial charge in [0.2, 0.25) is 10.0 Å². The van der Waals surface area contributed by atoms with E-state index in [1.165, 1.54) is 15.9 Å². The average Bonchev–Trinajstić information content (AvgIpc) is 3.03. The highest BCUT2D eigenvalue weighted by Gasteiger charge is 2.16. The molecule has 0 saturated heterocycles. The van der Waals surface area contributed by atoms with E-state index in [9.17, 15) is 13.2 Å². The molecule has 2 aromatic heterocycles. The smallest absolute Gasteiger partial charge is 0.408 e. The van der Waals surface area contributed by atoms with Crippen LogP contribution in [0.15, 0.2) is 43.8 Å². The monoisotopic (exact) mass is 338 g/mol. The van der Waals surface area contributed by atoms with E-state index in [0.29, 0.717) is 15.3 Å². The highest BCUT2D eigenvalue weighted by atomic mass is 32.2. The van der Waals surface area contributed by atoms with Crippen LogP contribution in [0.2, 0.25) is 0 Å². The molecular formula is C14H14N2O4S2. The van der Waals surface area contributed by atoms with Crippen molar-refractivity contribution in [2.24, 2.45) is 7.05 Å². The van der Waals surface area contributed by atoms with Gasteiger partial charge in [-0.2, -0.15) is 0 Å². The summed E-state index contributed by atoms with van der Waals surface area (Å²) in [6.45, 7) is 2.01. The number of nitrogens with one attached hydrogen (secondary N) is 1. The molecule has 3 rings (SSSR count). The van der Waals surface area contributed by atoms with Crippen LogP contribution in [0.5, 0.6) is 0 Å². The molecule has 22 heavy (non-hydrogen) atoms. The maximum absolute atomic E-state index is 12.2. The minimum atomic E-state index is -3.52. The predicted octanol–water partition coefficient (Wildman–Crippen LogP) is 1.98. The number of nitrogens with zero attached hydrogens (tertiary/aromatic N) is 1. The molecule has 116 valence electrons. The van der Waals surface area contributed by atoms with Gasteiger partial charge in [0.1, 0.15) is 4.21 Å². The number of hydrogen-bond acceptors (Lipinski definition) is 5. The molecule has 0 atom stereocenters. The van der Waals surface area contributed by atoms with Crippen LogP contribution in [0.3, 0.4) is 0 Å². The van der Waals surface area contributed by atoms with Crippen LogP contribution in [-0.4, -0.2) is 13.0 Å². The van der Waals surface area contributed by atoms with Gasteiger partial charge in [0.25, 0.3) is 0 Å². The van der Waals surface area contributed by atoms with Gasteiger partial charge in [0.15, 0.2) is 5.58 Å². The Morgan fingerprint density at radius 2 is 2.05 bits per heavy atom. The van der Waals surface area contributed by atoms with Crippen molar-refractivity contribution >= 4 is 32.5 Å². The van der Waals surface area contributed by atoms with E-state index in [2.05, 4.69) is 4.72 Å². The molecule has 1 N–H and O–H groups in total. The molecule has 0 amide bonds. The summed E-state index contributed by atoms with van der Waals surface area (Å²) in [5, 5.41) is 0. The zero-order valence-electron chi connectivity index (χ0n) is 12.0. The lowest BCUT2D eigenvalue weighted by molar-refractivity contribution is 0.528. The van der Waals surface area contributed by atoms with Crippen molar-refractivity contribution in [2.75, 3.05) is 0 Å². The maximum Gasteiger partial charge on any atom is 0.419 e. The van der Waals surface area contributed by atoms with E-state index < -0.39 is 15.8 Å². The number of rotatable bonds is 4. The van der Waals surface area contributed by atoms with Gasteiger partial charge in [-0.3, -0.25) is 4.57 Å².